The van der Waals surface area contributed by atoms with Gasteiger partial charge in [-0.25, -0.2) is 0 Å². The molecule has 0 radical (unpaired) electrons. The molecule has 1 heteroatoms. The Morgan fingerprint density at radius 2 is 0.837 bits per heavy atom. The zero-order valence-electron chi connectivity index (χ0n) is 23.3. The van der Waals surface area contributed by atoms with Gasteiger partial charge in [0.1, 0.15) is 11.2 Å². The average molecular weight is 545 g/mol. The van der Waals surface area contributed by atoms with Crippen LogP contribution >= 0.6 is 0 Å². The topological polar surface area (TPSA) is 13.1 Å². The van der Waals surface area contributed by atoms with Crippen molar-refractivity contribution in [3.05, 3.63) is 146 Å². The van der Waals surface area contributed by atoms with Crippen LogP contribution in [-0.2, 0) is 0 Å². The van der Waals surface area contributed by atoms with Gasteiger partial charge in [-0.3, -0.25) is 0 Å². The normalized spacial score (nSPS) is 12.2. The van der Waals surface area contributed by atoms with Crippen LogP contribution in [0, 0.1) is 0 Å². The molecule has 0 aliphatic heterocycles. The van der Waals surface area contributed by atoms with Crippen LogP contribution in [0.1, 0.15) is 0 Å². The minimum absolute atomic E-state index is 0.915. The Morgan fingerprint density at radius 1 is 0.302 bits per heavy atom. The maximum absolute atomic E-state index is 6.34. The lowest BCUT2D eigenvalue weighted by Crippen LogP contribution is -1.84. The summed E-state index contributed by atoms with van der Waals surface area (Å²) < 4.78 is 6.34. The molecule has 9 aromatic rings. The number of hydrogen-bond donors (Lipinski definition) is 0. The second-order valence-electron chi connectivity index (χ2n) is 11.7. The van der Waals surface area contributed by atoms with Crippen LogP contribution < -0.4 is 0 Å². The molecule has 10 rings (SSSR count). The van der Waals surface area contributed by atoms with E-state index in [1.54, 1.807) is 0 Å². The largest absolute Gasteiger partial charge is 0.456 e. The fraction of sp³-hybridized carbons (Fsp3) is 0. The van der Waals surface area contributed by atoms with E-state index in [0.717, 1.165) is 21.9 Å². The van der Waals surface area contributed by atoms with Gasteiger partial charge in [0.25, 0.3) is 0 Å². The monoisotopic (exact) mass is 544 g/mol. The fourth-order valence-electron chi connectivity index (χ4n) is 7.37. The summed E-state index contributed by atoms with van der Waals surface area (Å²) in [6.45, 7) is 0. The molecule has 0 amide bonds. The molecule has 0 unspecified atom stereocenters. The molecule has 0 bridgehead atoms. The van der Waals surface area contributed by atoms with E-state index in [0.29, 0.717) is 0 Å². The van der Waals surface area contributed by atoms with Crippen LogP contribution in [0.3, 0.4) is 0 Å². The van der Waals surface area contributed by atoms with Crippen LogP contribution in [0.15, 0.2) is 150 Å². The van der Waals surface area contributed by atoms with Crippen LogP contribution in [0.25, 0.3) is 98.8 Å². The molecular weight excluding hydrogens is 520 g/mol. The Labute approximate surface area is 248 Å². The molecule has 0 saturated carbocycles. The van der Waals surface area contributed by atoms with E-state index in [2.05, 4.69) is 146 Å². The molecule has 43 heavy (non-hydrogen) atoms. The number of furan rings is 1. The lowest BCUT2D eigenvalue weighted by Gasteiger charge is -2.10. The van der Waals surface area contributed by atoms with Gasteiger partial charge in [-0.05, 0) is 107 Å². The molecule has 198 valence electrons. The lowest BCUT2D eigenvalue weighted by molar-refractivity contribution is 0.669. The Balaban J connectivity index is 1.15. The van der Waals surface area contributed by atoms with E-state index in [-0.39, 0.29) is 0 Å². The van der Waals surface area contributed by atoms with Crippen molar-refractivity contribution in [2.45, 2.75) is 0 Å². The highest BCUT2D eigenvalue weighted by Gasteiger charge is 2.22. The van der Waals surface area contributed by atoms with Crippen molar-refractivity contribution in [1.29, 1.82) is 0 Å². The third kappa shape index (κ3) is 3.22. The van der Waals surface area contributed by atoms with Crippen molar-refractivity contribution in [3.8, 4) is 44.5 Å². The highest BCUT2D eigenvalue weighted by atomic mass is 16.3. The Bertz CT molecular complexity index is 2590. The van der Waals surface area contributed by atoms with Crippen molar-refractivity contribution >= 4 is 54.3 Å². The Kier molecular flexibility index (Phi) is 4.51. The van der Waals surface area contributed by atoms with E-state index < -0.39 is 0 Å². The third-order valence-corrected chi connectivity index (χ3v) is 9.41. The highest BCUT2D eigenvalue weighted by molar-refractivity contribution is 6.19. The molecule has 0 N–H and O–H groups in total. The summed E-state index contributed by atoms with van der Waals surface area (Å²) in [6, 6.07) is 53.1. The standard InChI is InChI=1S/C42H24O/c1-2-7-30-25(6-1)12-13-26-14-15-27(22-37(26)30)28-16-20-40-38(23-28)39-24-29(17-21-41(39)43-40)31-18-19-36-33-9-4-3-8-32(33)35-11-5-10-34(31)42(35)36/h1-24H. The molecule has 0 fully saturated rings. The maximum atomic E-state index is 6.34. The maximum Gasteiger partial charge on any atom is 0.135 e. The van der Waals surface area contributed by atoms with Gasteiger partial charge in [-0.1, -0.05) is 115 Å². The van der Waals surface area contributed by atoms with E-state index >= 15 is 0 Å². The van der Waals surface area contributed by atoms with Crippen molar-refractivity contribution in [3.63, 3.8) is 0 Å². The Morgan fingerprint density at radius 3 is 1.65 bits per heavy atom. The van der Waals surface area contributed by atoms with Crippen LogP contribution in [0.5, 0.6) is 0 Å². The zero-order chi connectivity index (χ0) is 28.1. The first-order valence-electron chi connectivity index (χ1n) is 14.8. The average Bonchev–Trinajstić information content (AvgIpc) is 3.60. The summed E-state index contributed by atoms with van der Waals surface area (Å²) in [6.07, 6.45) is 0. The number of hydrogen-bond acceptors (Lipinski definition) is 1. The summed E-state index contributed by atoms with van der Waals surface area (Å²) in [5, 5.41) is 10.0. The van der Waals surface area contributed by atoms with Gasteiger partial charge in [-0.2, -0.15) is 0 Å². The SMILES string of the molecule is c1ccc2c(c1)-c1cccc3c(-c4ccc5oc6ccc(-c7ccc8ccc9ccccc9c8c7)cc6c5c4)ccc-2c13. The van der Waals surface area contributed by atoms with E-state index in [9.17, 15) is 0 Å². The third-order valence-electron chi connectivity index (χ3n) is 9.41. The smallest absolute Gasteiger partial charge is 0.135 e. The first-order valence-corrected chi connectivity index (χ1v) is 14.8. The van der Waals surface area contributed by atoms with E-state index in [4.69, 9.17) is 4.42 Å². The van der Waals surface area contributed by atoms with E-state index in [1.807, 2.05) is 0 Å². The molecule has 1 aliphatic rings. The summed E-state index contributed by atoms with van der Waals surface area (Å²) in [5.74, 6) is 0. The molecule has 0 saturated heterocycles. The summed E-state index contributed by atoms with van der Waals surface area (Å²) in [7, 11) is 0. The molecule has 1 nitrogen and oxygen atoms in total. The second kappa shape index (κ2) is 8.44. The first-order chi connectivity index (χ1) is 21.3. The van der Waals surface area contributed by atoms with Crippen LogP contribution in [0.2, 0.25) is 0 Å². The van der Waals surface area contributed by atoms with Gasteiger partial charge in [-0.15, -0.1) is 0 Å². The van der Waals surface area contributed by atoms with Gasteiger partial charge in [0.15, 0.2) is 0 Å². The van der Waals surface area contributed by atoms with Gasteiger partial charge in [0.05, 0.1) is 0 Å². The fourth-order valence-corrected chi connectivity index (χ4v) is 7.37. The molecule has 1 heterocycles. The first kappa shape index (κ1) is 23.0. The molecule has 1 aliphatic carbocycles. The minimum Gasteiger partial charge on any atom is -0.456 e. The van der Waals surface area contributed by atoms with E-state index in [1.165, 1.54) is 76.8 Å². The van der Waals surface area contributed by atoms with Gasteiger partial charge in [0.2, 0.25) is 0 Å². The molecule has 0 atom stereocenters. The number of fused-ring (bicyclic) bond motifs is 9. The van der Waals surface area contributed by atoms with Crippen LogP contribution in [-0.4, -0.2) is 0 Å². The van der Waals surface area contributed by atoms with Crippen molar-refractivity contribution < 1.29 is 4.42 Å². The molecule has 8 aromatic carbocycles. The van der Waals surface area contributed by atoms with Crippen molar-refractivity contribution in [2.24, 2.45) is 0 Å². The molecule has 1 aromatic heterocycles. The summed E-state index contributed by atoms with van der Waals surface area (Å²) >= 11 is 0. The zero-order valence-corrected chi connectivity index (χ0v) is 23.3. The quantitative estimate of drug-likeness (QED) is 0.197. The Hall–Kier alpha value is -5.66. The second-order valence-corrected chi connectivity index (χ2v) is 11.7. The van der Waals surface area contributed by atoms with Gasteiger partial charge >= 0.3 is 0 Å². The van der Waals surface area contributed by atoms with Gasteiger partial charge in [0, 0.05) is 10.8 Å². The predicted molar refractivity (Wildman–Crippen MR) is 182 cm³/mol. The van der Waals surface area contributed by atoms with Gasteiger partial charge < -0.3 is 4.42 Å². The minimum atomic E-state index is 0.915. The summed E-state index contributed by atoms with van der Waals surface area (Å²) in [4.78, 5) is 0. The lowest BCUT2D eigenvalue weighted by atomic mass is 9.93. The molecular formula is C42H24O. The number of benzene rings is 8. The number of rotatable bonds is 2. The predicted octanol–water partition coefficient (Wildman–Crippen LogP) is 12.0. The molecule has 0 spiro atoms. The van der Waals surface area contributed by atoms with Crippen molar-refractivity contribution in [2.75, 3.05) is 0 Å². The highest BCUT2D eigenvalue weighted by Crippen LogP contribution is 2.49. The van der Waals surface area contributed by atoms with Crippen LogP contribution in [0.4, 0.5) is 0 Å². The summed E-state index contributed by atoms with van der Waals surface area (Å²) in [5.41, 5.74) is 12.0. The van der Waals surface area contributed by atoms with Crippen molar-refractivity contribution in [1.82, 2.24) is 0 Å².